The van der Waals surface area contributed by atoms with Gasteiger partial charge in [0.25, 0.3) is 0 Å². The third-order valence-corrected chi connectivity index (χ3v) is 3.03. The van der Waals surface area contributed by atoms with Crippen molar-refractivity contribution in [1.29, 1.82) is 0 Å². The molecule has 0 saturated carbocycles. The van der Waals surface area contributed by atoms with Gasteiger partial charge in [0.1, 0.15) is 11.2 Å². The van der Waals surface area contributed by atoms with Crippen LogP contribution in [0.5, 0.6) is 0 Å². The van der Waals surface area contributed by atoms with Crippen molar-refractivity contribution in [3.63, 3.8) is 0 Å². The van der Waals surface area contributed by atoms with Gasteiger partial charge in [0, 0.05) is 12.5 Å². The highest BCUT2D eigenvalue weighted by Gasteiger charge is 2.55. The Kier molecular flexibility index (Phi) is 2.95. The Labute approximate surface area is 83.6 Å². The van der Waals surface area contributed by atoms with Gasteiger partial charge in [0.05, 0.1) is 0 Å². The smallest absolute Gasteiger partial charge is 0.322 e. The van der Waals surface area contributed by atoms with Crippen LogP contribution in [-0.2, 0) is 19.1 Å². The van der Waals surface area contributed by atoms with E-state index in [4.69, 9.17) is 9.47 Å². The zero-order valence-corrected chi connectivity index (χ0v) is 8.99. The number of hydrogen-bond donors (Lipinski definition) is 0. The van der Waals surface area contributed by atoms with Crippen molar-refractivity contribution in [2.24, 2.45) is 11.3 Å². The molecule has 1 fully saturated rings. The molecular formula is C10H16O4. The van der Waals surface area contributed by atoms with E-state index >= 15 is 0 Å². The molecule has 0 spiro atoms. The van der Waals surface area contributed by atoms with Crippen molar-refractivity contribution in [3.8, 4) is 0 Å². The van der Waals surface area contributed by atoms with Crippen LogP contribution in [0.3, 0.4) is 0 Å². The summed E-state index contributed by atoms with van der Waals surface area (Å²) < 4.78 is 10.2. The van der Waals surface area contributed by atoms with Gasteiger partial charge in [-0.05, 0) is 20.8 Å². The van der Waals surface area contributed by atoms with E-state index in [9.17, 15) is 9.59 Å². The van der Waals surface area contributed by atoms with Crippen LogP contribution in [0.4, 0.5) is 0 Å². The number of hydrogen-bond acceptors (Lipinski definition) is 4. The molecule has 0 aromatic rings. The average molecular weight is 200 g/mol. The summed E-state index contributed by atoms with van der Waals surface area (Å²) in [6, 6.07) is 0. The summed E-state index contributed by atoms with van der Waals surface area (Å²) in [7, 11) is 0. The SMILES string of the molecule is CCO[C@@H]1OC(=O)[C@@](C)(C(C)=O)[C@@H]1C. The van der Waals surface area contributed by atoms with Gasteiger partial charge in [-0.1, -0.05) is 6.92 Å². The van der Waals surface area contributed by atoms with Crippen molar-refractivity contribution < 1.29 is 19.1 Å². The Morgan fingerprint density at radius 2 is 2.21 bits per heavy atom. The number of carbonyl (C=O) groups is 2. The minimum atomic E-state index is -1.04. The van der Waals surface area contributed by atoms with E-state index < -0.39 is 17.7 Å². The maximum Gasteiger partial charge on any atom is 0.322 e. The zero-order valence-electron chi connectivity index (χ0n) is 8.99. The summed E-state index contributed by atoms with van der Waals surface area (Å²) in [4.78, 5) is 22.9. The lowest BCUT2D eigenvalue weighted by Crippen LogP contribution is -2.37. The van der Waals surface area contributed by atoms with Gasteiger partial charge in [-0.3, -0.25) is 9.59 Å². The predicted molar refractivity (Wildman–Crippen MR) is 49.5 cm³/mol. The van der Waals surface area contributed by atoms with Crippen LogP contribution in [0.25, 0.3) is 0 Å². The largest absolute Gasteiger partial charge is 0.435 e. The Bertz CT molecular complexity index is 261. The average Bonchev–Trinajstić information content (AvgIpc) is 2.32. The van der Waals surface area contributed by atoms with Crippen LogP contribution >= 0.6 is 0 Å². The van der Waals surface area contributed by atoms with Crippen LogP contribution in [0.1, 0.15) is 27.7 Å². The Balaban J connectivity index is 2.90. The number of ether oxygens (including phenoxy) is 2. The molecule has 0 unspecified atom stereocenters. The molecule has 0 aromatic heterocycles. The molecule has 4 heteroatoms. The quantitative estimate of drug-likeness (QED) is 0.506. The first kappa shape index (κ1) is 11.2. The summed E-state index contributed by atoms with van der Waals surface area (Å²) in [5.74, 6) is -0.874. The number of Topliss-reactive ketones (excluding diaryl/α,β-unsaturated/α-hetero) is 1. The summed E-state index contributed by atoms with van der Waals surface area (Å²) in [5, 5.41) is 0. The molecule has 1 saturated heterocycles. The third-order valence-electron chi connectivity index (χ3n) is 3.03. The molecule has 0 radical (unpaired) electrons. The van der Waals surface area contributed by atoms with Crippen molar-refractivity contribution >= 4 is 11.8 Å². The normalized spacial score (nSPS) is 37.0. The van der Waals surface area contributed by atoms with Crippen LogP contribution in [0, 0.1) is 11.3 Å². The number of esters is 1. The van der Waals surface area contributed by atoms with Crippen LogP contribution in [0.15, 0.2) is 0 Å². The monoisotopic (exact) mass is 200 g/mol. The number of ketones is 1. The van der Waals surface area contributed by atoms with Gasteiger partial charge >= 0.3 is 5.97 Å². The second-order valence-electron chi connectivity index (χ2n) is 3.78. The molecule has 0 aromatic carbocycles. The third kappa shape index (κ3) is 1.43. The molecular weight excluding hydrogens is 184 g/mol. The van der Waals surface area contributed by atoms with Crippen molar-refractivity contribution in [1.82, 2.24) is 0 Å². The molecule has 14 heavy (non-hydrogen) atoms. The number of carbonyl (C=O) groups excluding carboxylic acids is 2. The summed E-state index contributed by atoms with van der Waals surface area (Å²) in [6.45, 7) is 7.11. The topological polar surface area (TPSA) is 52.6 Å². The number of cyclic esters (lactones) is 1. The molecule has 80 valence electrons. The van der Waals surface area contributed by atoms with Crippen molar-refractivity contribution in [2.45, 2.75) is 34.0 Å². The van der Waals surface area contributed by atoms with E-state index in [1.54, 1.807) is 13.8 Å². The lowest BCUT2D eigenvalue weighted by Gasteiger charge is -2.22. The fourth-order valence-electron chi connectivity index (χ4n) is 1.59. The van der Waals surface area contributed by atoms with Gasteiger partial charge in [-0.15, -0.1) is 0 Å². The van der Waals surface area contributed by atoms with Gasteiger partial charge in [0.2, 0.25) is 6.29 Å². The van der Waals surface area contributed by atoms with E-state index in [1.807, 2.05) is 6.92 Å². The first-order chi connectivity index (χ1) is 6.44. The Morgan fingerprint density at radius 3 is 2.57 bits per heavy atom. The number of rotatable bonds is 3. The first-order valence-corrected chi connectivity index (χ1v) is 4.78. The Hall–Kier alpha value is -0.900. The van der Waals surface area contributed by atoms with E-state index in [2.05, 4.69) is 0 Å². The standard InChI is InChI=1S/C10H16O4/c1-5-13-8-6(2)10(4,7(3)11)9(12)14-8/h6,8H,5H2,1-4H3/t6-,8-,10-/m1/s1. The van der Waals surface area contributed by atoms with Crippen LogP contribution in [0.2, 0.25) is 0 Å². The van der Waals surface area contributed by atoms with Crippen molar-refractivity contribution in [3.05, 3.63) is 0 Å². The summed E-state index contributed by atoms with van der Waals surface area (Å²) in [6.07, 6.45) is -0.582. The molecule has 1 rings (SSSR count). The van der Waals surface area contributed by atoms with Crippen LogP contribution in [-0.4, -0.2) is 24.6 Å². The summed E-state index contributed by atoms with van der Waals surface area (Å²) in [5.41, 5.74) is -1.04. The molecule has 0 N–H and O–H groups in total. The van der Waals surface area contributed by atoms with Gasteiger partial charge < -0.3 is 9.47 Å². The maximum absolute atomic E-state index is 11.5. The highest BCUT2D eigenvalue weighted by molar-refractivity contribution is 6.03. The molecule has 3 atom stereocenters. The first-order valence-electron chi connectivity index (χ1n) is 4.78. The molecule has 1 aliphatic heterocycles. The lowest BCUT2D eigenvalue weighted by molar-refractivity contribution is -0.166. The zero-order chi connectivity index (χ0) is 10.9. The summed E-state index contributed by atoms with van der Waals surface area (Å²) >= 11 is 0. The van der Waals surface area contributed by atoms with Gasteiger partial charge in [-0.2, -0.15) is 0 Å². The van der Waals surface area contributed by atoms with Crippen molar-refractivity contribution in [2.75, 3.05) is 6.61 Å². The molecule has 0 amide bonds. The second-order valence-corrected chi connectivity index (χ2v) is 3.78. The molecule has 4 nitrogen and oxygen atoms in total. The van der Waals surface area contributed by atoms with E-state index in [-0.39, 0.29) is 11.7 Å². The highest BCUT2D eigenvalue weighted by atomic mass is 16.7. The fraction of sp³-hybridized carbons (Fsp3) is 0.800. The molecule has 1 heterocycles. The molecule has 0 bridgehead atoms. The van der Waals surface area contributed by atoms with Gasteiger partial charge in [0.15, 0.2) is 0 Å². The highest BCUT2D eigenvalue weighted by Crippen LogP contribution is 2.40. The lowest BCUT2D eigenvalue weighted by atomic mass is 9.77. The maximum atomic E-state index is 11.5. The predicted octanol–water partition coefficient (Wildman–Crippen LogP) is 1.14. The van der Waals surface area contributed by atoms with E-state index in [1.165, 1.54) is 6.92 Å². The minimum Gasteiger partial charge on any atom is -0.435 e. The van der Waals surface area contributed by atoms with E-state index in [0.717, 1.165) is 0 Å². The molecule has 1 aliphatic rings. The minimum absolute atomic E-state index is 0.169. The molecule has 0 aliphatic carbocycles. The van der Waals surface area contributed by atoms with Crippen LogP contribution < -0.4 is 0 Å². The van der Waals surface area contributed by atoms with Gasteiger partial charge in [-0.25, -0.2) is 0 Å². The second kappa shape index (κ2) is 3.69. The fourth-order valence-corrected chi connectivity index (χ4v) is 1.59. The van der Waals surface area contributed by atoms with E-state index in [0.29, 0.717) is 6.61 Å². The Morgan fingerprint density at radius 1 is 1.64 bits per heavy atom.